The molecule has 1 spiro atoms. The number of hydrogen-bond donors (Lipinski definition) is 0. The van der Waals surface area contributed by atoms with E-state index >= 15 is 4.39 Å². The van der Waals surface area contributed by atoms with Crippen LogP contribution >= 0.6 is 11.6 Å². The molecule has 0 bridgehead atoms. The van der Waals surface area contributed by atoms with Crippen molar-refractivity contribution < 1.29 is 23.4 Å². The Morgan fingerprint density at radius 2 is 1.98 bits per heavy atom. The fourth-order valence-electron chi connectivity index (χ4n) is 7.38. The summed E-state index contributed by atoms with van der Waals surface area (Å²) in [5.74, 6) is 0.264. The van der Waals surface area contributed by atoms with E-state index in [0.29, 0.717) is 35.4 Å². The summed E-state index contributed by atoms with van der Waals surface area (Å²) in [5.41, 5.74) is 5.44. The van der Waals surface area contributed by atoms with E-state index in [1.165, 1.54) is 12.0 Å². The number of nitrogens with zero attached hydrogens (tertiary/aromatic N) is 1. The number of benzene rings is 2. The third kappa shape index (κ3) is 4.88. The Kier molecular flexibility index (Phi) is 7.25. The van der Waals surface area contributed by atoms with Crippen LogP contribution in [0.25, 0.3) is 11.1 Å². The van der Waals surface area contributed by atoms with Gasteiger partial charge in [-0.15, -0.1) is 0 Å². The minimum Gasteiger partial charge on any atom is -0.486 e. The molecule has 2 fully saturated rings. The lowest BCUT2D eigenvalue weighted by Gasteiger charge is -2.30. The molecule has 1 heterocycles. The summed E-state index contributed by atoms with van der Waals surface area (Å²) in [4.78, 5) is 16.7. The number of aryl methyl sites for hydroxylation is 1. The molecule has 5 nitrogen and oxygen atoms in total. The van der Waals surface area contributed by atoms with Crippen molar-refractivity contribution in [1.29, 1.82) is 0 Å². The number of esters is 1. The molecule has 41 heavy (non-hydrogen) atoms. The van der Waals surface area contributed by atoms with E-state index in [2.05, 4.69) is 31.0 Å². The molecule has 216 valence electrons. The van der Waals surface area contributed by atoms with Gasteiger partial charge in [-0.25, -0.2) is 9.37 Å². The van der Waals surface area contributed by atoms with Crippen LogP contribution in [-0.2, 0) is 28.0 Å². The standard InChI is InChI=1S/C34H37ClFNO4/c1-5-40-32(38)26-17-34(26)14-12-21-9-11-28(31(36)30(21)34)41-19-20-8-10-22(24-16-29(39-4)37-18-27(24)35)23(15-20)25-7-6-13-33(25,2)3/h8-11,15-16,18,25-26H,5-7,12-14,17,19H2,1-4H3/t25-,26+,34-/m0/s1. The van der Waals surface area contributed by atoms with E-state index in [4.69, 9.17) is 25.8 Å². The van der Waals surface area contributed by atoms with Gasteiger partial charge in [-0.3, -0.25) is 4.79 Å². The van der Waals surface area contributed by atoms with Crippen LogP contribution in [-0.4, -0.2) is 24.7 Å². The first-order chi connectivity index (χ1) is 19.7. The third-order valence-electron chi connectivity index (χ3n) is 9.65. The molecule has 3 aliphatic carbocycles. The summed E-state index contributed by atoms with van der Waals surface area (Å²) in [5, 5.41) is 0.571. The molecular weight excluding hydrogens is 541 g/mol. The Morgan fingerprint density at radius 3 is 2.71 bits per heavy atom. The van der Waals surface area contributed by atoms with Crippen LogP contribution in [0.4, 0.5) is 4.39 Å². The zero-order valence-electron chi connectivity index (χ0n) is 24.2. The quantitative estimate of drug-likeness (QED) is 0.253. The lowest BCUT2D eigenvalue weighted by Crippen LogP contribution is -2.17. The molecule has 0 N–H and O–H groups in total. The Labute approximate surface area is 246 Å². The summed E-state index contributed by atoms with van der Waals surface area (Å²) in [6.45, 7) is 7.02. The van der Waals surface area contributed by atoms with E-state index in [1.54, 1.807) is 26.3 Å². The van der Waals surface area contributed by atoms with Crippen molar-refractivity contribution >= 4 is 17.6 Å². The maximum atomic E-state index is 16.0. The van der Waals surface area contributed by atoms with Crippen LogP contribution in [0.1, 0.15) is 81.0 Å². The highest BCUT2D eigenvalue weighted by Gasteiger charge is 2.63. The van der Waals surface area contributed by atoms with Crippen molar-refractivity contribution in [1.82, 2.24) is 4.98 Å². The summed E-state index contributed by atoms with van der Waals surface area (Å²) < 4.78 is 32.7. The average Bonchev–Trinajstić information content (AvgIpc) is 3.40. The minimum absolute atomic E-state index is 0.137. The van der Waals surface area contributed by atoms with Crippen LogP contribution in [0.3, 0.4) is 0 Å². The summed E-state index contributed by atoms with van der Waals surface area (Å²) in [7, 11) is 1.60. The predicted molar refractivity (Wildman–Crippen MR) is 157 cm³/mol. The smallest absolute Gasteiger partial charge is 0.309 e. The van der Waals surface area contributed by atoms with E-state index in [9.17, 15) is 4.79 Å². The van der Waals surface area contributed by atoms with E-state index < -0.39 is 5.41 Å². The van der Waals surface area contributed by atoms with Crippen LogP contribution in [0.2, 0.25) is 5.02 Å². The zero-order valence-corrected chi connectivity index (χ0v) is 24.9. The van der Waals surface area contributed by atoms with Gasteiger partial charge in [0, 0.05) is 22.6 Å². The Balaban J connectivity index is 1.30. The summed E-state index contributed by atoms with van der Waals surface area (Å²) in [6, 6.07) is 11.9. The molecule has 3 aromatic rings. The zero-order chi connectivity index (χ0) is 28.9. The molecule has 1 aromatic heterocycles. The monoisotopic (exact) mass is 577 g/mol. The molecule has 0 aliphatic heterocycles. The van der Waals surface area contributed by atoms with Crippen molar-refractivity contribution in [2.24, 2.45) is 11.3 Å². The van der Waals surface area contributed by atoms with Gasteiger partial charge in [0.05, 0.1) is 30.9 Å². The molecule has 6 rings (SSSR count). The number of aromatic nitrogens is 1. The van der Waals surface area contributed by atoms with E-state index in [0.717, 1.165) is 47.9 Å². The number of hydrogen-bond acceptors (Lipinski definition) is 5. The fourth-order valence-corrected chi connectivity index (χ4v) is 7.59. The summed E-state index contributed by atoms with van der Waals surface area (Å²) >= 11 is 6.64. The van der Waals surface area contributed by atoms with Gasteiger partial charge in [0.25, 0.3) is 0 Å². The van der Waals surface area contributed by atoms with Crippen LogP contribution in [0.15, 0.2) is 42.6 Å². The van der Waals surface area contributed by atoms with Gasteiger partial charge in [-0.05, 0) is 78.7 Å². The maximum absolute atomic E-state index is 16.0. The number of carbonyl (C=O) groups is 1. The number of halogens is 2. The van der Waals surface area contributed by atoms with Gasteiger partial charge in [-0.2, -0.15) is 0 Å². The SMILES string of the molecule is CCOC(=O)[C@H]1C[C@@]12CCc1ccc(OCc3ccc(-c4cc(OC)ncc4Cl)c([C@@H]4CCCC4(C)C)c3)c(F)c12. The Hall–Kier alpha value is -3.12. The van der Waals surface area contributed by atoms with Gasteiger partial charge in [0.2, 0.25) is 5.88 Å². The van der Waals surface area contributed by atoms with Gasteiger partial charge in [0.15, 0.2) is 11.6 Å². The fraction of sp³-hybridized carbons (Fsp3) is 0.471. The van der Waals surface area contributed by atoms with Crippen LogP contribution in [0.5, 0.6) is 11.6 Å². The molecule has 0 amide bonds. The topological polar surface area (TPSA) is 57.7 Å². The Bertz CT molecular complexity index is 1500. The predicted octanol–water partition coefficient (Wildman–Crippen LogP) is 8.19. The molecule has 2 saturated carbocycles. The molecule has 3 atom stereocenters. The van der Waals surface area contributed by atoms with Crippen molar-refractivity contribution in [3.8, 4) is 22.8 Å². The van der Waals surface area contributed by atoms with E-state index in [-0.39, 0.29) is 35.5 Å². The molecule has 2 aromatic carbocycles. The van der Waals surface area contributed by atoms with Crippen molar-refractivity contribution in [2.45, 2.75) is 77.2 Å². The van der Waals surface area contributed by atoms with Crippen molar-refractivity contribution in [3.63, 3.8) is 0 Å². The molecule has 0 saturated heterocycles. The molecule has 0 unspecified atom stereocenters. The van der Waals surface area contributed by atoms with Gasteiger partial charge < -0.3 is 14.2 Å². The Morgan fingerprint density at radius 1 is 1.15 bits per heavy atom. The molecule has 7 heteroatoms. The largest absolute Gasteiger partial charge is 0.486 e. The summed E-state index contributed by atoms with van der Waals surface area (Å²) in [6.07, 6.45) is 7.23. The third-order valence-corrected chi connectivity index (χ3v) is 9.95. The minimum atomic E-state index is -0.446. The van der Waals surface area contributed by atoms with Gasteiger partial charge >= 0.3 is 5.97 Å². The van der Waals surface area contributed by atoms with E-state index in [1.807, 2.05) is 18.2 Å². The number of methoxy groups -OCH3 is 1. The first kappa shape index (κ1) is 28.0. The number of pyridine rings is 1. The number of rotatable bonds is 8. The number of carbonyl (C=O) groups excluding carboxylic acids is 1. The number of ether oxygens (including phenoxy) is 3. The number of fused-ring (bicyclic) bond motifs is 2. The second-order valence-corrected chi connectivity index (χ2v) is 12.8. The normalized spacial score (nSPS) is 23.9. The van der Waals surface area contributed by atoms with Crippen molar-refractivity contribution in [2.75, 3.05) is 13.7 Å². The van der Waals surface area contributed by atoms with Crippen LogP contribution in [0, 0.1) is 17.2 Å². The highest BCUT2D eigenvalue weighted by atomic mass is 35.5. The highest BCUT2D eigenvalue weighted by Crippen LogP contribution is 2.63. The average molecular weight is 578 g/mol. The molecule has 0 radical (unpaired) electrons. The van der Waals surface area contributed by atoms with Crippen molar-refractivity contribution in [3.05, 3.63) is 75.7 Å². The lowest BCUT2D eigenvalue weighted by atomic mass is 9.75. The molecule has 3 aliphatic rings. The maximum Gasteiger partial charge on any atom is 0.309 e. The first-order valence-electron chi connectivity index (χ1n) is 14.6. The van der Waals surface area contributed by atoms with Gasteiger partial charge in [0.1, 0.15) is 6.61 Å². The molecular formula is C34H37ClFNO4. The lowest BCUT2D eigenvalue weighted by molar-refractivity contribution is -0.145. The first-order valence-corrected chi connectivity index (χ1v) is 15.0. The van der Waals surface area contributed by atoms with Gasteiger partial charge in [-0.1, -0.05) is 56.1 Å². The highest BCUT2D eigenvalue weighted by molar-refractivity contribution is 6.33. The second-order valence-electron chi connectivity index (χ2n) is 12.4. The second kappa shape index (κ2) is 10.6. The van der Waals surface area contributed by atoms with Crippen LogP contribution < -0.4 is 9.47 Å².